The molecular weight excluding hydrogens is 364 g/mol. The minimum absolute atomic E-state index is 1.02. The van der Waals surface area contributed by atoms with Crippen molar-refractivity contribution in [2.45, 2.75) is 27.7 Å². The molecule has 3 aromatic rings. The Bertz CT molecular complexity index is 859. The molecular formula is C28H34N2. The van der Waals surface area contributed by atoms with Crippen molar-refractivity contribution in [3.63, 3.8) is 0 Å². The standard InChI is InChI=1S/C28H34N2/c1-5-29(6-2)26-18-14-24(15-19-26)28(22-23-12-10-9-11-13-23)25-16-20-27(21-17-25)30(7-3)8-4/h9-22H,5-8H2,1-4H3. The smallest absolute Gasteiger partial charge is 0.0366 e. The Balaban J connectivity index is 2.01. The molecule has 0 saturated heterocycles. The summed E-state index contributed by atoms with van der Waals surface area (Å²) in [5, 5.41) is 0. The molecule has 30 heavy (non-hydrogen) atoms. The van der Waals surface area contributed by atoms with E-state index in [4.69, 9.17) is 0 Å². The molecule has 0 amide bonds. The van der Waals surface area contributed by atoms with Gasteiger partial charge in [0.1, 0.15) is 0 Å². The first-order chi connectivity index (χ1) is 14.7. The van der Waals surface area contributed by atoms with E-state index in [9.17, 15) is 0 Å². The van der Waals surface area contributed by atoms with Crippen molar-refractivity contribution < 1.29 is 0 Å². The SMILES string of the molecule is CCN(CC)c1ccc(C(=Cc2ccccc2)c2ccc(N(CC)CC)cc2)cc1. The van der Waals surface area contributed by atoms with Gasteiger partial charge in [-0.3, -0.25) is 0 Å². The molecule has 0 heterocycles. The van der Waals surface area contributed by atoms with Gasteiger partial charge in [0.05, 0.1) is 0 Å². The number of anilines is 2. The predicted octanol–water partition coefficient (Wildman–Crippen LogP) is 6.97. The first-order valence-electron chi connectivity index (χ1n) is 11.2. The summed E-state index contributed by atoms with van der Waals surface area (Å²) < 4.78 is 0. The van der Waals surface area contributed by atoms with Crippen LogP contribution >= 0.6 is 0 Å². The van der Waals surface area contributed by atoms with Gasteiger partial charge in [-0.05, 0) is 80.3 Å². The van der Waals surface area contributed by atoms with Crippen LogP contribution in [-0.4, -0.2) is 26.2 Å². The monoisotopic (exact) mass is 398 g/mol. The molecule has 0 saturated carbocycles. The van der Waals surface area contributed by atoms with Crippen LogP contribution in [0.25, 0.3) is 11.6 Å². The summed E-state index contributed by atoms with van der Waals surface area (Å²) in [5.74, 6) is 0. The normalized spacial score (nSPS) is 10.5. The average Bonchev–Trinajstić information content (AvgIpc) is 2.81. The Morgan fingerprint density at radius 2 is 0.967 bits per heavy atom. The summed E-state index contributed by atoms with van der Waals surface area (Å²) in [5.41, 5.74) is 7.50. The van der Waals surface area contributed by atoms with Crippen LogP contribution in [0.1, 0.15) is 44.4 Å². The topological polar surface area (TPSA) is 6.48 Å². The molecule has 0 fully saturated rings. The van der Waals surface area contributed by atoms with E-state index in [0.29, 0.717) is 0 Å². The molecule has 0 bridgehead atoms. The second kappa shape index (κ2) is 10.7. The van der Waals surface area contributed by atoms with Gasteiger partial charge in [-0.2, -0.15) is 0 Å². The molecule has 0 radical (unpaired) electrons. The van der Waals surface area contributed by atoms with E-state index in [2.05, 4.69) is 122 Å². The van der Waals surface area contributed by atoms with E-state index in [1.807, 2.05) is 0 Å². The molecule has 3 rings (SSSR count). The zero-order valence-electron chi connectivity index (χ0n) is 18.8. The van der Waals surface area contributed by atoms with Crippen molar-refractivity contribution in [3.05, 3.63) is 95.6 Å². The highest BCUT2D eigenvalue weighted by molar-refractivity contribution is 5.92. The van der Waals surface area contributed by atoms with Crippen LogP contribution in [0.15, 0.2) is 78.9 Å². The van der Waals surface area contributed by atoms with Crippen LogP contribution in [0.4, 0.5) is 11.4 Å². The second-order valence-electron chi connectivity index (χ2n) is 7.41. The fourth-order valence-corrected chi connectivity index (χ4v) is 3.93. The fourth-order valence-electron chi connectivity index (χ4n) is 3.93. The summed E-state index contributed by atoms with van der Waals surface area (Å²) in [4.78, 5) is 4.76. The molecule has 156 valence electrons. The van der Waals surface area contributed by atoms with Gasteiger partial charge in [0.25, 0.3) is 0 Å². The molecule has 0 aliphatic carbocycles. The first-order valence-corrected chi connectivity index (χ1v) is 11.2. The van der Waals surface area contributed by atoms with Crippen LogP contribution in [0.2, 0.25) is 0 Å². The van der Waals surface area contributed by atoms with Gasteiger partial charge >= 0.3 is 0 Å². The second-order valence-corrected chi connectivity index (χ2v) is 7.41. The van der Waals surface area contributed by atoms with E-state index in [-0.39, 0.29) is 0 Å². The van der Waals surface area contributed by atoms with Gasteiger partial charge in [0.2, 0.25) is 0 Å². The third kappa shape index (κ3) is 5.13. The molecule has 0 aliphatic rings. The lowest BCUT2D eigenvalue weighted by molar-refractivity contribution is 0.866. The molecule has 0 unspecified atom stereocenters. The molecule has 0 aromatic heterocycles. The van der Waals surface area contributed by atoms with E-state index in [1.54, 1.807) is 0 Å². The van der Waals surface area contributed by atoms with Gasteiger partial charge in [0.15, 0.2) is 0 Å². The zero-order chi connectivity index (χ0) is 21.3. The maximum absolute atomic E-state index is 2.38. The highest BCUT2D eigenvalue weighted by atomic mass is 15.1. The number of benzene rings is 3. The lowest BCUT2D eigenvalue weighted by Crippen LogP contribution is -2.21. The van der Waals surface area contributed by atoms with Crippen molar-refractivity contribution in [1.82, 2.24) is 0 Å². The Morgan fingerprint density at radius 1 is 0.567 bits per heavy atom. The Labute approximate surface area is 182 Å². The number of rotatable bonds is 9. The van der Waals surface area contributed by atoms with Crippen molar-refractivity contribution in [2.75, 3.05) is 36.0 Å². The first kappa shape index (κ1) is 21.7. The van der Waals surface area contributed by atoms with Crippen molar-refractivity contribution in [3.8, 4) is 0 Å². The van der Waals surface area contributed by atoms with Crippen LogP contribution < -0.4 is 9.80 Å². The molecule has 2 nitrogen and oxygen atoms in total. The van der Waals surface area contributed by atoms with Gasteiger partial charge in [-0.25, -0.2) is 0 Å². The van der Waals surface area contributed by atoms with E-state index in [1.165, 1.54) is 33.6 Å². The number of hydrogen-bond donors (Lipinski definition) is 0. The highest BCUT2D eigenvalue weighted by Crippen LogP contribution is 2.29. The van der Waals surface area contributed by atoms with Crippen molar-refractivity contribution in [2.24, 2.45) is 0 Å². The summed E-state index contributed by atoms with van der Waals surface area (Å²) >= 11 is 0. The van der Waals surface area contributed by atoms with Crippen LogP contribution in [0.3, 0.4) is 0 Å². The van der Waals surface area contributed by atoms with Gasteiger partial charge in [0, 0.05) is 37.6 Å². The third-order valence-electron chi connectivity index (χ3n) is 5.72. The molecule has 3 aromatic carbocycles. The summed E-state index contributed by atoms with van der Waals surface area (Å²) in [7, 11) is 0. The average molecular weight is 399 g/mol. The van der Waals surface area contributed by atoms with Crippen LogP contribution in [0, 0.1) is 0 Å². The molecule has 0 spiro atoms. The minimum Gasteiger partial charge on any atom is -0.372 e. The van der Waals surface area contributed by atoms with Crippen molar-refractivity contribution >= 4 is 23.0 Å². The number of nitrogens with zero attached hydrogens (tertiary/aromatic N) is 2. The van der Waals surface area contributed by atoms with E-state index >= 15 is 0 Å². The largest absolute Gasteiger partial charge is 0.372 e. The van der Waals surface area contributed by atoms with Gasteiger partial charge in [-0.15, -0.1) is 0 Å². The van der Waals surface area contributed by atoms with Gasteiger partial charge < -0.3 is 9.80 Å². The lowest BCUT2D eigenvalue weighted by Gasteiger charge is -2.22. The van der Waals surface area contributed by atoms with E-state index < -0.39 is 0 Å². The molecule has 0 aliphatic heterocycles. The maximum Gasteiger partial charge on any atom is 0.0366 e. The summed E-state index contributed by atoms with van der Waals surface area (Å²) in [6, 6.07) is 28.5. The van der Waals surface area contributed by atoms with Gasteiger partial charge in [-0.1, -0.05) is 54.6 Å². The van der Waals surface area contributed by atoms with Crippen LogP contribution in [0.5, 0.6) is 0 Å². The number of hydrogen-bond acceptors (Lipinski definition) is 2. The summed E-state index contributed by atoms with van der Waals surface area (Å²) in [6.45, 7) is 12.9. The Morgan fingerprint density at radius 3 is 1.33 bits per heavy atom. The van der Waals surface area contributed by atoms with Crippen LogP contribution in [-0.2, 0) is 0 Å². The van der Waals surface area contributed by atoms with E-state index in [0.717, 1.165) is 26.2 Å². The Hall–Kier alpha value is -3.00. The van der Waals surface area contributed by atoms with Crippen molar-refractivity contribution in [1.29, 1.82) is 0 Å². The zero-order valence-corrected chi connectivity index (χ0v) is 18.8. The minimum atomic E-state index is 1.02. The lowest BCUT2D eigenvalue weighted by atomic mass is 9.95. The molecule has 0 atom stereocenters. The summed E-state index contributed by atoms with van der Waals surface area (Å²) in [6.07, 6.45) is 2.29. The quantitative estimate of drug-likeness (QED) is 0.359. The third-order valence-corrected chi connectivity index (χ3v) is 5.72. The molecule has 0 N–H and O–H groups in total. The molecule has 2 heteroatoms. The predicted molar refractivity (Wildman–Crippen MR) is 133 cm³/mol. The maximum atomic E-state index is 2.38. The fraction of sp³-hybridized carbons (Fsp3) is 0.286. The highest BCUT2D eigenvalue weighted by Gasteiger charge is 2.09. The Kier molecular flexibility index (Phi) is 7.73.